The third kappa shape index (κ3) is 4.71. The SMILES string of the molecule is Cc1[nH]c2ccc(OC(F)(F)F)cc2c1CC[NH2+]Cc1ccc(Cl)cc1. The molecular weight excluding hydrogens is 365 g/mol. The molecule has 1 heterocycles. The highest BCUT2D eigenvalue weighted by Gasteiger charge is 2.31. The van der Waals surface area contributed by atoms with E-state index in [1.807, 2.05) is 31.2 Å². The predicted molar refractivity (Wildman–Crippen MR) is 95.4 cm³/mol. The van der Waals surface area contributed by atoms with Crippen LogP contribution >= 0.6 is 11.6 Å². The molecule has 0 radical (unpaired) electrons. The molecule has 0 aliphatic heterocycles. The summed E-state index contributed by atoms with van der Waals surface area (Å²) in [4.78, 5) is 3.22. The van der Waals surface area contributed by atoms with Gasteiger partial charge in [0.25, 0.3) is 0 Å². The number of alkyl halides is 3. The second-order valence-electron chi connectivity index (χ2n) is 6.14. The lowest BCUT2D eigenvalue weighted by molar-refractivity contribution is -0.670. The minimum atomic E-state index is -4.69. The van der Waals surface area contributed by atoms with E-state index >= 15 is 0 Å². The van der Waals surface area contributed by atoms with E-state index in [0.717, 1.165) is 41.7 Å². The lowest BCUT2D eigenvalue weighted by Crippen LogP contribution is -2.83. The Morgan fingerprint density at radius 3 is 2.54 bits per heavy atom. The van der Waals surface area contributed by atoms with Crippen LogP contribution in [0.4, 0.5) is 13.2 Å². The van der Waals surface area contributed by atoms with Crippen LogP contribution in [0.3, 0.4) is 0 Å². The van der Waals surface area contributed by atoms with Gasteiger partial charge in [-0.25, -0.2) is 0 Å². The summed E-state index contributed by atoms with van der Waals surface area (Å²) in [6, 6.07) is 12.1. The van der Waals surface area contributed by atoms with Gasteiger partial charge in [0.2, 0.25) is 0 Å². The van der Waals surface area contributed by atoms with E-state index in [2.05, 4.69) is 15.0 Å². The van der Waals surface area contributed by atoms with Crippen molar-refractivity contribution in [2.75, 3.05) is 6.54 Å². The molecule has 0 bridgehead atoms. The van der Waals surface area contributed by atoms with Gasteiger partial charge >= 0.3 is 6.36 Å². The normalized spacial score (nSPS) is 11.9. The fraction of sp³-hybridized carbons (Fsp3) is 0.263. The van der Waals surface area contributed by atoms with Crippen molar-refractivity contribution in [1.29, 1.82) is 0 Å². The number of benzene rings is 2. The highest BCUT2D eigenvalue weighted by Crippen LogP contribution is 2.29. The Bertz CT molecular complexity index is 888. The Labute approximate surface area is 154 Å². The number of quaternary nitrogens is 1. The molecule has 0 aliphatic carbocycles. The summed E-state index contributed by atoms with van der Waals surface area (Å²) in [5, 5.41) is 3.64. The lowest BCUT2D eigenvalue weighted by Gasteiger charge is -2.09. The number of halogens is 4. The number of fused-ring (bicyclic) bond motifs is 1. The highest BCUT2D eigenvalue weighted by atomic mass is 35.5. The Morgan fingerprint density at radius 2 is 1.85 bits per heavy atom. The van der Waals surface area contributed by atoms with E-state index in [1.54, 1.807) is 6.07 Å². The summed E-state index contributed by atoms with van der Waals surface area (Å²) in [6.07, 6.45) is -3.94. The van der Waals surface area contributed by atoms with Gasteiger partial charge in [-0.3, -0.25) is 0 Å². The van der Waals surface area contributed by atoms with Crippen molar-refractivity contribution < 1.29 is 23.2 Å². The van der Waals surface area contributed by atoms with Crippen LogP contribution in [0.15, 0.2) is 42.5 Å². The molecule has 26 heavy (non-hydrogen) atoms. The maximum absolute atomic E-state index is 12.4. The van der Waals surface area contributed by atoms with Crippen molar-refractivity contribution in [2.24, 2.45) is 0 Å². The first-order valence-corrected chi connectivity index (χ1v) is 8.63. The van der Waals surface area contributed by atoms with Crippen LogP contribution in [0, 0.1) is 6.92 Å². The van der Waals surface area contributed by atoms with Gasteiger partial charge < -0.3 is 15.0 Å². The van der Waals surface area contributed by atoms with E-state index in [4.69, 9.17) is 11.6 Å². The van der Waals surface area contributed by atoms with E-state index in [9.17, 15) is 13.2 Å². The number of ether oxygens (including phenoxy) is 1. The van der Waals surface area contributed by atoms with Crippen LogP contribution in [0.2, 0.25) is 5.02 Å². The average molecular weight is 384 g/mol. The molecule has 138 valence electrons. The topological polar surface area (TPSA) is 41.6 Å². The summed E-state index contributed by atoms with van der Waals surface area (Å²) in [5.41, 5.74) is 3.96. The van der Waals surface area contributed by atoms with Crippen molar-refractivity contribution in [3.8, 4) is 5.75 Å². The first-order valence-electron chi connectivity index (χ1n) is 8.25. The zero-order valence-corrected chi connectivity index (χ0v) is 14.9. The summed E-state index contributed by atoms with van der Waals surface area (Å²) in [5.74, 6) is -0.199. The molecule has 0 amide bonds. The van der Waals surface area contributed by atoms with Crippen molar-refractivity contribution in [3.05, 3.63) is 64.3 Å². The number of aromatic amines is 1. The number of hydrogen-bond acceptors (Lipinski definition) is 1. The van der Waals surface area contributed by atoms with Gasteiger partial charge in [-0.15, -0.1) is 13.2 Å². The zero-order chi connectivity index (χ0) is 18.7. The van der Waals surface area contributed by atoms with Gasteiger partial charge in [0.1, 0.15) is 12.3 Å². The maximum atomic E-state index is 12.4. The van der Waals surface area contributed by atoms with Crippen LogP contribution < -0.4 is 10.1 Å². The largest absolute Gasteiger partial charge is 0.573 e. The second kappa shape index (κ2) is 7.60. The summed E-state index contributed by atoms with van der Waals surface area (Å²) < 4.78 is 41.4. The Morgan fingerprint density at radius 1 is 1.12 bits per heavy atom. The van der Waals surface area contributed by atoms with Crippen LogP contribution in [0.1, 0.15) is 16.8 Å². The molecular formula is C19H19ClF3N2O+. The third-order valence-corrected chi connectivity index (χ3v) is 4.47. The molecule has 0 atom stereocenters. The number of nitrogens with one attached hydrogen (secondary N) is 1. The van der Waals surface area contributed by atoms with Gasteiger partial charge in [-0.05, 0) is 42.8 Å². The lowest BCUT2D eigenvalue weighted by atomic mass is 10.1. The smallest absolute Gasteiger partial charge is 0.406 e. The minimum Gasteiger partial charge on any atom is -0.406 e. The molecule has 3 aromatic rings. The van der Waals surface area contributed by atoms with Gasteiger partial charge in [0, 0.05) is 33.6 Å². The van der Waals surface area contributed by atoms with Gasteiger partial charge in [0.05, 0.1) is 6.54 Å². The van der Waals surface area contributed by atoms with Gasteiger partial charge in [-0.2, -0.15) is 0 Å². The third-order valence-electron chi connectivity index (χ3n) is 4.22. The van der Waals surface area contributed by atoms with E-state index in [0.29, 0.717) is 5.02 Å². The van der Waals surface area contributed by atoms with Crippen LogP contribution in [-0.2, 0) is 13.0 Å². The molecule has 7 heteroatoms. The molecule has 3 rings (SSSR count). The van der Waals surface area contributed by atoms with Crippen molar-refractivity contribution in [1.82, 2.24) is 4.98 Å². The number of aryl methyl sites for hydroxylation is 1. The first-order chi connectivity index (χ1) is 12.3. The molecule has 0 saturated heterocycles. The van der Waals surface area contributed by atoms with E-state index < -0.39 is 6.36 Å². The summed E-state index contributed by atoms with van der Waals surface area (Å²) in [7, 11) is 0. The fourth-order valence-electron chi connectivity index (χ4n) is 3.02. The molecule has 0 spiro atoms. The number of rotatable bonds is 6. The Hall–Kier alpha value is -2.18. The fourth-order valence-corrected chi connectivity index (χ4v) is 3.14. The van der Waals surface area contributed by atoms with Crippen LogP contribution in [0.25, 0.3) is 10.9 Å². The molecule has 0 aliphatic rings. The standard InChI is InChI=1S/C19H18ClF3N2O/c1-12-16(8-9-24-11-13-2-4-14(20)5-3-13)17-10-15(26-19(21,22)23)6-7-18(17)25-12/h2-7,10,24-25H,8-9,11H2,1H3/p+1. The van der Waals surface area contributed by atoms with Gasteiger partial charge in [-0.1, -0.05) is 23.7 Å². The molecule has 3 nitrogen and oxygen atoms in total. The second-order valence-corrected chi connectivity index (χ2v) is 6.58. The number of hydrogen-bond donors (Lipinski definition) is 2. The first kappa shape index (κ1) is 18.6. The molecule has 3 N–H and O–H groups in total. The number of nitrogens with two attached hydrogens (primary N) is 1. The van der Waals surface area contributed by atoms with Crippen molar-refractivity contribution in [2.45, 2.75) is 26.3 Å². The van der Waals surface area contributed by atoms with Crippen molar-refractivity contribution >= 4 is 22.5 Å². The van der Waals surface area contributed by atoms with Crippen LogP contribution in [-0.4, -0.2) is 17.9 Å². The van der Waals surface area contributed by atoms with E-state index in [-0.39, 0.29) is 5.75 Å². The highest BCUT2D eigenvalue weighted by molar-refractivity contribution is 6.30. The minimum absolute atomic E-state index is 0.199. The van der Waals surface area contributed by atoms with E-state index in [1.165, 1.54) is 17.7 Å². The number of aromatic nitrogens is 1. The molecule has 0 unspecified atom stereocenters. The molecule has 0 saturated carbocycles. The Kier molecular flexibility index (Phi) is 5.44. The maximum Gasteiger partial charge on any atom is 0.573 e. The average Bonchev–Trinajstić information content (AvgIpc) is 2.87. The molecule has 0 fully saturated rings. The summed E-state index contributed by atoms with van der Waals surface area (Å²) in [6.45, 7) is 3.57. The van der Waals surface area contributed by atoms with Crippen molar-refractivity contribution in [3.63, 3.8) is 0 Å². The zero-order valence-electron chi connectivity index (χ0n) is 14.2. The molecule has 2 aromatic carbocycles. The summed E-state index contributed by atoms with van der Waals surface area (Å²) >= 11 is 5.87. The predicted octanol–water partition coefficient (Wildman–Crippen LogP) is 4.33. The number of H-pyrrole nitrogens is 1. The quantitative estimate of drug-likeness (QED) is 0.611. The van der Waals surface area contributed by atoms with Gasteiger partial charge in [0.15, 0.2) is 0 Å². The Balaban J connectivity index is 1.67. The molecule has 1 aromatic heterocycles. The monoisotopic (exact) mass is 383 g/mol. The van der Waals surface area contributed by atoms with Crippen LogP contribution in [0.5, 0.6) is 5.75 Å².